The molecule has 3 heterocycles. The third kappa shape index (κ3) is 5.04. The Balaban J connectivity index is 0.00000306. The van der Waals surface area contributed by atoms with E-state index < -0.39 is 23.3 Å². The van der Waals surface area contributed by atoms with Gasteiger partial charge in [-0.2, -0.15) is 0 Å². The van der Waals surface area contributed by atoms with Crippen LogP contribution in [0.1, 0.15) is 35.7 Å². The second-order valence-electron chi connectivity index (χ2n) is 7.72. The van der Waals surface area contributed by atoms with Crippen LogP contribution in [0.15, 0.2) is 66.7 Å². The Hall–Kier alpha value is -3.31. The molecule has 0 unspecified atom stereocenters. The summed E-state index contributed by atoms with van der Waals surface area (Å²) in [4.78, 5) is 23.5. The van der Waals surface area contributed by atoms with E-state index in [-0.39, 0.29) is 38.0 Å². The van der Waals surface area contributed by atoms with Crippen LogP contribution in [0.5, 0.6) is 0 Å². The summed E-state index contributed by atoms with van der Waals surface area (Å²) in [5, 5.41) is 9.32. The van der Waals surface area contributed by atoms with Crippen LogP contribution in [0.2, 0.25) is 0 Å². The number of aromatic nitrogens is 3. The van der Waals surface area contributed by atoms with Crippen molar-refractivity contribution in [3.8, 4) is 22.4 Å². The Kier molecular flexibility index (Phi) is 7.13. The molecule has 170 valence electrons. The van der Waals surface area contributed by atoms with Gasteiger partial charge >= 0.3 is 5.97 Å². The summed E-state index contributed by atoms with van der Waals surface area (Å²) in [6.07, 6.45) is 0. The van der Waals surface area contributed by atoms with Gasteiger partial charge in [0.2, 0.25) is 0 Å². The van der Waals surface area contributed by atoms with Crippen molar-refractivity contribution in [2.75, 3.05) is 0 Å². The average Bonchev–Trinajstić information content (AvgIpc) is 2.79. The maximum Gasteiger partial charge on any atom is 0.354 e. The first-order valence-electron chi connectivity index (χ1n) is 9.78. The average molecular weight is 626 g/mol. The predicted molar refractivity (Wildman–Crippen MR) is 115 cm³/mol. The van der Waals surface area contributed by atoms with E-state index in [1.807, 2.05) is 50.2 Å². The zero-order valence-electron chi connectivity index (χ0n) is 17.6. The van der Waals surface area contributed by atoms with E-state index in [0.29, 0.717) is 11.4 Å². The Labute approximate surface area is 203 Å². The quantitative estimate of drug-likeness (QED) is 0.241. The van der Waals surface area contributed by atoms with Gasteiger partial charge in [0.05, 0.1) is 5.69 Å². The van der Waals surface area contributed by atoms with Crippen molar-refractivity contribution in [2.45, 2.75) is 19.3 Å². The van der Waals surface area contributed by atoms with Crippen LogP contribution in [-0.2, 0) is 26.5 Å². The number of aromatic carboxylic acids is 1. The number of rotatable bonds is 5. The topological polar surface area (TPSA) is 76.0 Å². The SMILES string of the molecule is CC(C)(c1cccc(C(=O)O)n1)c1cc(-c2ccccc2)cc(-c2[c-]cc(F)nc2F)n1.[Pt]. The summed E-state index contributed by atoms with van der Waals surface area (Å²) in [6.45, 7) is 3.70. The number of hydrogen-bond donors (Lipinski definition) is 1. The fourth-order valence-electron chi connectivity index (χ4n) is 3.36. The molecule has 0 fully saturated rings. The summed E-state index contributed by atoms with van der Waals surface area (Å²) in [7, 11) is 0. The molecular weight excluding hydrogens is 607 g/mol. The van der Waals surface area contributed by atoms with E-state index in [1.54, 1.807) is 18.2 Å². The van der Waals surface area contributed by atoms with Crippen LogP contribution in [0.25, 0.3) is 22.4 Å². The third-order valence-electron chi connectivity index (χ3n) is 5.18. The zero-order chi connectivity index (χ0) is 22.9. The molecule has 5 nitrogen and oxygen atoms in total. The van der Waals surface area contributed by atoms with Crippen LogP contribution in [0, 0.1) is 18.0 Å². The molecule has 0 spiro atoms. The van der Waals surface area contributed by atoms with Gasteiger partial charge in [-0.15, -0.1) is 6.07 Å². The second-order valence-corrected chi connectivity index (χ2v) is 7.72. The summed E-state index contributed by atoms with van der Waals surface area (Å²) in [5.41, 5.74) is 1.90. The molecule has 0 aliphatic carbocycles. The molecule has 0 aliphatic heterocycles. The summed E-state index contributed by atoms with van der Waals surface area (Å²) < 4.78 is 27.8. The van der Waals surface area contributed by atoms with Crippen molar-refractivity contribution in [1.29, 1.82) is 0 Å². The van der Waals surface area contributed by atoms with E-state index in [4.69, 9.17) is 0 Å². The number of carbonyl (C=O) groups is 1. The first kappa shape index (κ1) is 24.3. The Bertz CT molecular complexity index is 1310. The minimum absolute atomic E-state index is 0. The molecule has 4 rings (SSSR count). The van der Waals surface area contributed by atoms with Crippen molar-refractivity contribution >= 4 is 5.97 Å². The van der Waals surface area contributed by atoms with E-state index in [9.17, 15) is 18.7 Å². The van der Waals surface area contributed by atoms with E-state index >= 15 is 0 Å². The minimum atomic E-state index is -1.14. The molecule has 0 saturated carbocycles. The standard InChI is InChI=1S/C25H18F2N3O2.Pt/c1-25(2,20-10-6-9-18(28-20)24(31)32)21-14-16(15-7-4-3-5-8-15)13-19(29-21)17-11-12-22(26)30-23(17)27;/h3-10,12-14H,1-2H3,(H,31,32);/q-1;. The smallest absolute Gasteiger partial charge is 0.354 e. The number of hydrogen-bond acceptors (Lipinski definition) is 4. The molecule has 0 atom stereocenters. The molecule has 1 N–H and O–H groups in total. The molecule has 0 radical (unpaired) electrons. The van der Waals surface area contributed by atoms with Crippen molar-refractivity contribution in [3.63, 3.8) is 0 Å². The number of halogens is 2. The van der Waals surface area contributed by atoms with Gasteiger partial charge in [-0.05, 0) is 48.9 Å². The van der Waals surface area contributed by atoms with Gasteiger partial charge in [0.15, 0.2) is 0 Å². The van der Waals surface area contributed by atoms with Crippen molar-refractivity contribution in [2.24, 2.45) is 0 Å². The number of nitrogens with zero attached hydrogens (tertiary/aromatic N) is 3. The van der Waals surface area contributed by atoms with Crippen molar-refractivity contribution in [1.82, 2.24) is 15.0 Å². The van der Waals surface area contributed by atoms with Gasteiger partial charge in [0, 0.05) is 32.2 Å². The van der Waals surface area contributed by atoms with Crippen LogP contribution in [0.4, 0.5) is 8.78 Å². The third-order valence-corrected chi connectivity index (χ3v) is 5.18. The molecule has 0 bridgehead atoms. The number of pyridine rings is 3. The molecule has 4 aromatic rings. The molecule has 8 heteroatoms. The predicted octanol–water partition coefficient (Wildman–Crippen LogP) is 5.31. The number of carboxylic acid groups (broad SMARTS) is 1. The zero-order valence-corrected chi connectivity index (χ0v) is 19.9. The Morgan fingerprint density at radius 3 is 2.30 bits per heavy atom. The molecule has 1 aromatic carbocycles. The van der Waals surface area contributed by atoms with Crippen LogP contribution in [-0.4, -0.2) is 26.0 Å². The van der Waals surface area contributed by atoms with E-state index in [1.165, 1.54) is 6.07 Å². The first-order chi connectivity index (χ1) is 15.3. The molecule has 0 amide bonds. The minimum Gasteiger partial charge on any atom is -0.477 e. The Morgan fingerprint density at radius 1 is 0.909 bits per heavy atom. The monoisotopic (exact) mass is 625 g/mol. The van der Waals surface area contributed by atoms with Gasteiger partial charge in [0.1, 0.15) is 17.6 Å². The van der Waals surface area contributed by atoms with E-state index in [2.05, 4.69) is 21.0 Å². The maximum atomic E-state index is 14.5. The van der Waals surface area contributed by atoms with Gasteiger partial charge in [0.25, 0.3) is 0 Å². The molecular formula is C25H18F2N3O2Pt-. The van der Waals surface area contributed by atoms with Gasteiger partial charge < -0.3 is 10.1 Å². The van der Waals surface area contributed by atoms with Crippen molar-refractivity contribution in [3.05, 3.63) is 102 Å². The molecule has 0 saturated heterocycles. The first-order valence-corrected chi connectivity index (χ1v) is 9.78. The fraction of sp³-hybridized carbons (Fsp3) is 0.120. The number of benzene rings is 1. The molecule has 3 aromatic heterocycles. The fourth-order valence-corrected chi connectivity index (χ4v) is 3.36. The van der Waals surface area contributed by atoms with Crippen LogP contribution < -0.4 is 0 Å². The van der Waals surface area contributed by atoms with Crippen LogP contribution >= 0.6 is 0 Å². The normalized spacial score (nSPS) is 11.0. The largest absolute Gasteiger partial charge is 0.477 e. The van der Waals surface area contributed by atoms with Gasteiger partial charge in [-0.25, -0.2) is 18.6 Å². The maximum absolute atomic E-state index is 14.5. The number of carboxylic acids is 1. The van der Waals surface area contributed by atoms with Gasteiger partial charge in [-0.3, -0.25) is 4.98 Å². The summed E-state index contributed by atoms with van der Waals surface area (Å²) in [6, 6.07) is 21.3. The van der Waals surface area contributed by atoms with Gasteiger partial charge in [-0.1, -0.05) is 54.1 Å². The molecule has 33 heavy (non-hydrogen) atoms. The van der Waals surface area contributed by atoms with Crippen molar-refractivity contribution < 1.29 is 39.7 Å². The Morgan fingerprint density at radius 2 is 1.64 bits per heavy atom. The van der Waals surface area contributed by atoms with E-state index in [0.717, 1.165) is 17.2 Å². The summed E-state index contributed by atoms with van der Waals surface area (Å²) in [5.74, 6) is -3.12. The second kappa shape index (κ2) is 9.67. The summed E-state index contributed by atoms with van der Waals surface area (Å²) >= 11 is 0. The molecule has 0 aliphatic rings. The van der Waals surface area contributed by atoms with Crippen LogP contribution in [0.3, 0.4) is 0 Å².